The summed E-state index contributed by atoms with van der Waals surface area (Å²) in [4.78, 5) is 19.9. The predicted octanol–water partition coefficient (Wildman–Crippen LogP) is 5.58. The van der Waals surface area contributed by atoms with Gasteiger partial charge < -0.3 is 5.32 Å². The number of nitrogens with one attached hydrogen (secondary N) is 1. The molecule has 35 heavy (non-hydrogen) atoms. The van der Waals surface area contributed by atoms with Gasteiger partial charge in [-0.3, -0.25) is 14.7 Å². The van der Waals surface area contributed by atoms with Crippen molar-refractivity contribution in [2.45, 2.75) is 64.0 Å². The highest BCUT2D eigenvalue weighted by Gasteiger charge is 2.32. The summed E-state index contributed by atoms with van der Waals surface area (Å²) in [6, 6.07) is 18.3. The Balaban J connectivity index is 1.12. The summed E-state index contributed by atoms with van der Waals surface area (Å²) in [7, 11) is 0. The zero-order valence-corrected chi connectivity index (χ0v) is 20.8. The summed E-state index contributed by atoms with van der Waals surface area (Å²) in [5.74, 6) is 0.733. The van der Waals surface area contributed by atoms with Crippen LogP contribution in [0.5, 0.6) is 0 Å². The SMILES string of the molecule is CC1(C)CN(CCC2CCC(NC(=O)c3ccnc4ccccc34)CC2)Cc2ccc(C#N)cc21. The Kier molecular flexibility index (Phi) is 6.58. The molecule has 0 saturated heterocycles. The van der Waals surface area contributed by atoms with Crippen LogP contribution in [0, 0.1) is 17.2 Å². The van der Waals surface area contributed by atoms with Crippen LogP contribution in [0.2, 0.25) is 0 Å². The highest BCUT2D eigenvalue weighted by molar-refractivity contribution is 6.06. The van der Waals surface area contributed by atoms with Gasteiger partial charge >= 0.3 is 0 Å². The highest BCUT2D eigenvalue weighted by Crippen LogP contribution is 2.35. The van der Waals surface area contributed by atoms with E-state index in [1.165, 1.54) is 30.4 Å². The van der Waals surface area contributed by atoms with Crippen LogP contribution in [0.1, 0.15) is 73.0 Å². The van der Waals surface area contributed by atoms with Gasteiger partial charge in [0.1, 0.15) is 0 Å². The molecule has 1 amide bonds. The molecule has 3 aromatic rings. The molecule has 2 aliphatic rings. The number of hydrogen-bond acceptors (Lipinski definition) is 4. The second-order valence-corrected chi connectivity index (χ2v) is 10.9. The number of carbonyl (C=O) groups is 1. The van der Waals surface area contributed by atoms with Crippen molar-refractivity contribution in [2.75, 3.05) is 13.1 Å². The van der Waals surface area contributed by atoms with E-state index in [0.29, 0.717) is 5.56 Å². The number of rotatable bonds is 5. The summed E-state index contributed by atoms with van der Waals surface area (Å²) in [6.45, 7) is 7.68. The van der Waals surface area contributed by atoms with Crippen LogP contribution < -0.4 is 5.32 Å². The number of pyridine rings is 1. The largest absolute Gasteiger partial charge is 0.349 e. The first-order valence-electron chi connectivity index (χ1n) is 12.8. The first kappa shape index (κ1) is 23.5. The number of nitriles is 1. The Morgan fingerprint density at radius 3 is 2.74 bits per heavy atom. The van der Waals surface area contributed by atoms with E-state index in [2.05, 4.69) is 47.3 Å². The van der Waals surface area contributed by atoms with Crippen LogP contribution in [0.4, 0.5) is 0 Å². The number of benzene rings is 2. The molecular weight excluding hydrogens is 432 g/mol. The van der Waals surface area contributed by atoms with Gasteiger partial charge in [-0.2, -0.15) is 5.26 Å². The zero-order valence-electron chi connectivity index (χ0n) is 20.8. The summed E-state index contributed by atoms with van der Waals surface area (Å²) in [6.07, 6.45) is 7.35. The van der Waals surface area contributed by atoms with Crippen LogP contribution in [0.25, 0.3) is 10.9 Å². The molecule has 0 atom stereocenters. The van der Waals surface area contributed by atoms with E-state index >= 15 is 0 Å². The van der Waals surface area contributed by atoms with Crippen LogP contribution in [-0.4, -0.2) is 34.9 Å². The van der Waals surface area contributed by atoms with E-state index in [4.69, 9.17) is 0 Å². The first-order valence-corrected chi connectivity index (χ1v) is 12.8. The molecule has 1 fully saturated rings. The van der Waals surface area contributed by atoms with Crippen molar-refractivity contribution in [1.82, 2.24) is 15.2 Å². The van der Waals surface area contributed by atoms with Crippen LogP contribution >= 0.6 is 0 Å². The fourth-order valence-electron chi connectivity index (χ4n) is 6.03. The van der Waals surface area contributed by atoms with E-state index < -0.39 is 0 Å². The standard InChI is InChI=1S/C30H34N4O/c1-30(2)20-34(19-23-10-7-22(18-31)17-27(23)30)16-14-21-8-11-24(12-9-21)33-29(35)26-13-15-32-28-6-4-3-5-25(26)28/h3-7,10,13,15,17,21,24H,8-9,11-12,14,16,19-20H2,1-2H3,(H,33,35). The van der Waals surface area contributed by atoms with Gasteiger partial charge in [0.25, 0.3) is 5.91 Å². The number of nitrogens with zero attached hydrogens (tertiary/aromatic N) is 3. The average molecular weight is 467 g/mol. The van der Waals surface area contributed by atoms with Crippen LogP contribution in [0.3, 0.4) is 0 Å². The zero-order chi connectivity index (χ0) is 24.4. The molecule has 1 saturated carbocycles. The minimum Gasteiger partial charge on any atom is -0.349 e. The van der Waals surface area contributed by atoms with Crippen molar-refractivity contribution in [3.8, 4) is 6.07 Å². The highest BCUT2D eigenvalue weighted by atomic mass is 16.1. The monoisotopic (exact) mass is 466 g/mol. The summed E-state index contributed by atoms with van der Waals surface area (Å²) >= 11 is 0. The van der Waals surface area contributed by atoms with Crippen molar-refractivity contribution in [3.05, 3.63) is 77.0 Å². The van der Waals surface area contributed by atoms with Gasteiger partial charge in [0.05, 0.1) is 22.7 Å². The quantitative estimate of drug-likeness (QED) is 0.533. The molecule has 0 spiro atoms. The van der Waals surface area contributed by atoms with E-state index in [1.807, 2.05) is 36.4 Å². The third kappa shape index (κ3) is 5.09. The van der Waals surface area contributed by atoms with E-state index in [0.717, 1.165) is 54.9 Å². The maximum atomic E-state index is 13.0. The summed E-state index contributed by atoms with van der Waals surface area (Å²) in [5, 5.41) is 13.5. The van der Waals surface area contributed by atoms with Crippen molar-refractivity contribution in [1.29, 1.82) is 5.26 Å². The number of carbonyl (C=O) groups excluding carboxylic acids is 1. The van der Waals surface area contributed by atoms with Crippen molar-refractivity contribution >= 4 is 16.8 Å². The number of amides is 1. The fraction of sp³-hybridized carbons (Fsp3) is 0.433. The molecule has 0 bridgehead atoms. The Bertz CT molecular complexity index is 1260. The Morgan fingerprint density at radius 2 is 1.94 bits per heavy atom. The van der Waals surface area contributed by atoms with Gasteiger partial charge in [0, 0.05) is 36.1 Å². The van der Waals surface area contributed by atoms with Gasteiger partial charge in [0.15, 0.2) is 0 Å². The molecule has 1 N–H and O–H groups in total. The molecule has 1 aromatic heterocycles. The van der Waals surface area contributed by atoms with Gasteiger partial charge in [-0.15, -0.1) is 0 Å². The lowest BCUT2D eigenvalue weighted by Gasteiger charge is -2.41. The van der Waals surface area contributed by atoms with Gasteiger partial charge in [0.2, 0.25) is 0 Å². The number of hydrogen-bond donors (Lipinski definition) is 1. The molecular formula is C30H34N4O. The molecule has 2 heterocycles. The summed E-state index contributed by atoms with van der Waals surface area (Å²) < 4.78 is 0. The normalized spacial score (nSPS) is 21.7. The van der Waals surface area contributed by atoms with E-state index in [1.54, 1.807) is 6.20 Å². The Morgan fingerprint density at radius 1 is 1.14 bits per heavy atom. The minimum atomic E-state index is 0.0146. The van der Waals surface area contributed by atoms with Crippen molar-refractivity contribution in [3.63, 3.8) is 0 Å². The second-order valence-electron chi connectivity index (χ2n) is 10.9. The number of aromatic nitrogens is 1. The average Bonchev–Trinajstić information content (AvgIpc) is 2.87. The lowest BCUT2D eigenvalue weighted by molar-refractivity contribution is 0.0920. The molecule has 5 rings (SSSR count). The van der Waals surface area contributed by atoms with E-state index in [-0.39, 0.29) is 17.4 Å². The van der Waals surface area contributed by atoms with Crippen LogP contribution in [0.15, 0.2) is 54.7 Å². The van der Waals surface area contributed by atoms with Crippen molar-refractivity contribution in [2.24, 2.45) is 5.92 Å². The Hall–Kier alpha value is -3.23. The predicted molar refractivity (Wildman–Crippen MR) is 139 cm³/mol. The van der Waals surface area contributed by atoms with E-state index in [9.17, 15) is 10.1 Å². The maximum Gasteiger partial charge on any atom is 0.252 e. The van der Waals surface area contributed by atoms with Gasteiger partial charge in [-0.05, 0) is 80.0 Å². The number of fused-ring (bicyclic) bond motifs is 2. The summed E-state index contributed by atoms with van der Waals surface area (Å²) in [5.41, 5.74) is 5.07. The third-order valence-corrected chi connectivity index (χ3v) is 7.91. The van der Waals surface area contributed by atoms with Crippen LogP contribution in [-0.2, 0) is 12.0 Å². The lowest BCUT2D eigenvalue weighted by Crippen LogP contribution is -2.43. The first-order chi connectivity index (χ1) is 16.9. The van der Waals surface area contributed by atoms with Gasteiger partial charge in [-0.1, -0.05) is 38.1 Å². The molecule has 2 aromatic carbocycles. The van der Waals surface area contributed by atoms with Crippen molar-refractivity contribution < 1.29 is 4.79 Å². The molecule has 180 valence electrons. The van der Waals surface area contributed by atoms with Gasteiger partial charge in [-0.25, -0.2) is 0 Å². The minimum absolute atomic E-state index is 0.0146. The number of para-hydroxylation sites is 1. The molecule has 1 aliphatic heterocycles. The third-order valence-electron chi connectivity index (χ3n) is 7.91. The Labute approximate surface area is 208 Å². The molecule has 0 radical (unpaired) electrons. The fourth-order valence-corrected chi connectivity index (χ4v) is 6.03. The maximum absolute atomic E-state index is 13.0. The lowest BCUT2D eigenvalue weighted by atomic mass is 9.77. The molecule has 0 unspecified atom stereocenters. The molecule has 1 aliphatic carbocycles. The second kappa shape index (κ2) is 9.79. The molecule has 5 heteroatoms. The smallest absolute Gasteiger partial charge is 0.252 e. The topological polar surface area (TPSA) is 69.0 Å². The molecule has 5 nitrogen and oxygen atoms in total.